The van der Waals surface area contributed by atoms with Gasteiger partial charge in [0.1, 0.15) is 48.5 Å². The maximum Gasteiger partial charge on any atom is 0.309 e. The number of aliphatic hydroxyl groups excluding tert-OH is 1. The van der Waals surface area contributed by atoms with Gasteiger partial charge in [-0.1, -0.05) is 20.8 Å². The van der Waals surface area contributed by atoms with E-state index in [4.69, 9.17) is 42.6 Å². The van der Waals surface area contributed by atoms with E-state index in [9.17, 15) is 34.2 Å². The van der Waals surface area contributed by atoms with E-state index in [-0.39, 0.29) is 49.6 Å². The van der Waals surface area contributed by atoms with Crippen LogP contribution < -0.4 is 0 Å². The van der Waals surface area contributed by atoms with Crippen molar-refractivity contribution in [3.63, 3.8) is 0 Å². The van der Waals surface area contributed by atoms with Gasteiger partial charge in [-0.25, -0.2) is 0 Å². The molecule has 0 amide bonds. The number of hydrogen-bond donors (Lipinski definition) is 2. The molecule has 4 aliphatic heterocycles. The van der Waals surface area contributed by atoms with E-state index >= 15 is 0 Å². The Bertz CT molecular complexity index is 1470. The molecule has 0 saturated carbocycles. The van der Waals surface area contributed by atoms with Gasteiger partial charge in [-0.2, -0.15) is 0 Å². The van der Waals surface area contributed by atoms with Crippen molar-refractivity contribution in [3.8, 4) is 0 Å². The van der Waals surface area contributed by atoms with Crippen LogP contribution in [-0.4, -0.2) is 158 Å². The number of carbonyl (C=O) groups is 5. The molecular weight excluding hydrogens is 774 g/mol. The van der Waals surface area contributed by atoms with Crippen molar-refractivity contribution < 1.29 is 76.8 Å². The van der Waals surface area contributed by atoms with Crippen LogP contribution >= 0.6 is 0 Å². The van der Waals surface area contributed by atoms with Gasteiger partial charge in [0.25, 0.3) is 0 Å². The van der Waals surface area contributed by atoms with E-state index in [1.807, 2.05) is 13.8 Å². The molecule has 0 radical (unpaired) electrons. The number of aliphatic hydroxyl groups is 2. The van der Waals surface area contributed by atoms with E-state index in [2.05, 4.69) is 0 Å². The van der Waals surface area contributed by atoms with Gasteiger partial charge in [0.2, 0.25) is 0 Å². The highest BCUT2D eigenvalue weighted by atomic mass is 16.7. The minimum atomic E-state index is -1.51. The molecule has 0 unspecified atom stereocenters. The maximum atomic E-state index is 13.4. The molecule has 17 nitrogen and oxygen atoms in total. The highest BCUT2D eigenvalue weighted by Crippen LogP contribution is 2.38. The van der Waals surface area contributed by atoms with Gasteiger partial charge in [0.05, 0.1) is 36.9 Å². The zero-order chi connectivity index (χ0) is 43.9. The van der Waals surface area contributed by atoms with Crippen molar-refractivity contribution in [3.05, 3.63) is 12.2 Å². The molecule has 17 heteroatoms. The van der Waals surface area contributed by atoms with E-state index in [0.29, 0.717) is 12.7 Å². The van der Waals surface area contributed by atoms with Crippen LogP contribution in [0.15, 0.2) is 12.2 Å². The molecule has 3 saturated heterocycles. The highest BCUT2D eigenvalue weighted by Gasteiger charge is 2.53. The molecule has 0 aromatic heterocycles. The third-order valence-corrected chi connectivity index (χ3v) is 11.4. The minimum Gasteiger partial charge on any atom is -0.462 e. The van der Waals surface area contributed by atoms with Crippen LogP contribution in [-0.2, 0) is 66.6 Å². The molecule has 336 valence electrons. The number of ketones is 1. The Balaban J connectivity index is 1.64. The largest absolute Gasteiger partial charge is 0.462 e. The molecule has 3 fully saturated rings. The van der Waals surface area contributed by atoms with E-state index in [0.717, 1.165) is 0 Å². The Labute approximate surface area is 347 Å². The van der Waals surface area contributed by atoms with Crippen molar-refractivity contribution in [2.75, 3.05) is 21.2 Å². The molecule has 17 atom stereocenters. The van der Waals surface area contributed by atoms with E-state index < -0.39 is 115 Å². The van der Waals surface area contributed by atoms with E-state index in [1.54, 1.807) is 59.7 Å². The second-order valence-electron chi connectivity index (χ2n) is 17.5. The molecule has 0 spiro atoms. The van der Waals surface area contributed by atoms with Gasteiger partial charge in [-0.05, 0) is 72.2 Å². The fraction of sp³-hybridized carbons (Fsp3) is 0.833. The summed E-state index contributed by atoms with van der Waals surface area (Å²) in [6, 6.07) is -0.800. The van der Waals surface area contributed by atoms with Crippen LogP contribution in [0.3, 0.4) is 0 Å². The molecule has 2 N–H and O–H groups in total. The second-order valence-corrected chi connectivity index (χ2v) is 17.5. The van der Waals surface area contributed by atoms with Crippen LogP contribution in [0.4, 0.5) is 0 Å². The summed E-state index contributed by atoms with van der Waals surface area (Å²) in [5.74, 6) is -3.35. The number of fused-ring (bicyclic) bond motifs is 1. The third-order valence-electron chi connectivity index (χ3n) is 11.4. The van der Waals surface area contributed by atoms with E-state index in [1.165, 1.54) is 20.1 Å². The van der Waals surface area contributed by atoms with Crippen LogP contribution in [0.25, 0.3) is 0 Å². The van der Waals surface area contributed by atoms with Crippen LogP contribution in [0, 0.1) is 17.8 Å². The molecule has 0 bridgehead atoms. The number of likely N-dealkylation sites (N-methyl/N-ethyl adjacent to an activating group) is 1. The first kappa shape index (κ1) is 48.8. The van der Waals surface area contributed by atoms with Crippen molar-refractivity contribution in [1.29, 1.82) is 0 Å². The summed E-state index contributed by atoms with van der Waals surface area (Å²) in [5, 5.41) is 23.5. The number of allylic oxidation sites excluding steroid dienone is 1. The molecule has 59 heavy (non-hydrogen) atoms. The highest BCUT2D eigenvalue weighted by molar-refractivity contribution is 5.91. The molecule has 4 heterocycles. The quantitative estimate of drug-likeness (QED) is 0.125. The molecular formula is C42H67NO16. The zero-order valence-electron chi connectivity index (χ0n) is 36.3. The van der Waals surface area contributed by atoms with Gasteiger partial charge in [0.15, 0.2) is 24.5 Å². The Hall–Kier alpha value is -2.87. The first-order valence-electron chi connectivity index (χ1n) is 20.7. The number of cyclic esters (lactones) is 1. The summed E-state index contributed by atoms with van der Waals surface area (Å²) in [7, 11) is 4.82. The number of carbonyl (C=O) groups excluding carboxylic acids is 5. The molecule has 4 rings (SSSR count). The maximum absolute atomic E-state index is 13.4. The Kier molecular flexibility index (Phi) is 17.6. The van der Waals surface area contributed by atoms with Crippen LogP contribution in [0.2, 0.25) is 0 Å². The SMILES string of the molecule is CO[C@@H]1[C@@H](O[C@@H]2O[C@H](C)[C@@H](O[C@H]3C[C@@](C)(O)[C@@H](OC(=O)CC(C)C)[C@H](C)O3)[C@H](N(C)C)[C@H]2O)[C@@H](CC=O)C[C@@H](C)C(=O)/C=C\[C@@H]2O[C@@H]2C[C@@H](C)OC(=O)C[C@H]1OC(C)=O. The predicted octanol–water partition coefficient (Wildman–Crippen LogP) is 2.43. The number of ether oxygens (including phenoxy) is 9. The number of rotatable bonds is 12. The number of epoxide rings is 1. The standard InChI is InChI=1S/C42H67NO16/c1-21(2)16-32(47)57-40-25(6)53-34(20-42(40,8)50)58-37-24(5)54-41(36(49)35(37)43(9)10)59-38-27(14-15-44)17-22(3)28(46)12-13-29-30(56-29)18-23(4)52-33(48)19-31(39(38)51-11)55-26(7)45/h12-13,15,21-25,27,29-31,34-41,49-50H,14,16-20H2,1-11H3/b13-12-/t22-,23-,24-,25+,27+,29+,30-,31-,34+,35-,36-,37-,38+,39+,40+,41+,42-/m1/s1. The monoisotopic (exact) mass is 841 g/mol. The van der Waals surface area contributed by atoms with Gasteiger partial charge in [0, 0.05) is 45.6 Å². The Morgan fingerprint density at radius 3 is 2.29 bits per heavy atom. The van der Waals surface area contributed by atoms with Gasteiger partial charge in [-0.3, -0.25) is 19.2 Å². The lowest BCUT2D eigenvalue weighted by atomic mass is 9.83. The number of nitrogens with zero attached hydrogens (tertiary/aromatic N) is 1. The fourth-order valence-corrected chi connectivity index (χ4v) is 8.51. The van der Waals surface area contributed by atoms with Crippen LogP contribution in [0.1, 0.15) is 93.9 Å². The smallest absolute Gasteiger partial charge is 0.309 e. The third kappa shape index (κ3) is 13.3. The summed E-state index contributed by atoms with van der Waals surface area (Å²) in [5.41, 5.74) is -1.51. The predicted molar refractivity (Wildman–Crippen MR) is 208 cm³/mol. The number of aldehydes is 1. The first-order chi connectivity index (χ1) is 27.6. The average Bonchev–Trinajstić information content (AvgIpc) is 3.85. The summed E-state index contributed by atoms with van der Waals surface area (Å²) in [6.45, 7) is 13.4. The summed E-state index contributed by atoms with van der Waals surface area (Å²) in [6.07, 6.45) is -7.99. The average molecular weight is 842 g/mol. The molecule has 4 aliphatic rings. The normalized spacial score (nSPS) is 41.7. The Morgan fingerprint density at radius 1 is 1.00 bits per heavy atom. The summed E-state index contributed by atoms with van der Waals surface area (Å²) in [4.78, 5) is 65.8. The number of hydrogen-bond acceptors (Lipinski definition) is 17. The molecule has 0 aliphatic carbocycles. The van der Waals surface area contributed by atoms with Crippen molar-refractivity contribution in [2.45, 2.75) is 185 Å². The fourth-order valence-electron chi connectivity index (χ4n) is 8.51. The zero-order valence-corrected chi connectivity index (χ0v) is 36.3. The minimum absolute atomic E-state index is 0.0551. The van der Waals surface area contributed by atoms with Crippen molar-refractivity contribution in [2.24, 2.45) is 17.8 Å². The Morgan fingerprint density at radius 2 is 1.69 bits per heavy atom. The molecule has 0 aromatic carbocycles. The second kappa shape index (κ2) is 21.3. The lowest BCUT2D eigenvalue weighted by Gasteiger charge is -2.50. The van der Waals surface area contributed by atoms with Gasteiger partial charge in [-0.15, -0.1) is 0 Å². The summed E-state index contributed by atoms with van der Waals surface area (Å²) < 4.78 is 54.2. The lowest BCUT2D eigenvalue weighted by Crippen LogP contribution is -2.66. The number of esters is 3. The van der Waals surface area contributed by atoms with Gasteiger partial charge >= 0.3 is 17.9 Å². The molecule has 0 aromatic rings. The van der Waals surface area contributed by atoms with Crippen molar-refractivity contribution >= 4 is 30.0 Å². The lowest BCUT2D eigenvalue weighted by molar-refractivity contribution is -0.344. The van der Waals surface area contributed by atoms with Crippen LogP contribution in [0.5, 0.6) is 0 Å². The first-order valence-corrected chi connectivity index (χ1v) is 20.7. The van der Waals surface area contributed by atoms with Gasteiger partial charge < -0.3 is 62.5 Å². The van der Waals surface area contributed by atoms with Crippen molar-refractivity contribution in [1.82, 2.24) is 4.90 Å². The topological polar surface area (TPSA) is 215 Å². The number of methoxy groups -OCH3 is 1. The summed E-state index contributed by atoms with van der Waals surface area (Å²) >= 11 is 0.